The number of benzene rings is 1. The number of nitrogens with one attached hydrogen (secondary N) is 1. The van der Waals surface area contributed by atoms with Gasteiger partial charge in [0.2, 0.25) is 0 Å². The van der Waals surface area contributed by atoms with Crippen molar-refractivity contribution in [3.8, 4) is 0 Å². The predicted molar refractivity (Wildman–Crippen MR) is 46.1 cm³/mol. The lowest BCUT2D eigenvalue weighted by atomic mass is 10.3. The summed E-state index contributed by atoms with van der Waals surface area (Å²) in [6, 6.07) is 3.64. The minimum absolute atomic E-state index is 0.0819. The summed E-state index contributed by atoms with van der Waals surface area (Å²) in [7, 11) is -4.34. The summed E-state index contributed by atoms with van der Waals surface area (Å²) in [4.78, 5) is -0.438. The third kappa shape index (κ3) is 2.08. The van der Waals surface area contributed by atoms with Crippen LogP contribution in [0.2, 0.25) is 0 Å². The SMILES string of the molecule is Nc1ccc(NO)cc1S(=O)(=O)O. The maximum atomic E-state index is 10.7. The Bertz CT molecular complexity index is 415. The summed E-state index contributed by atoms with van der Waals surface area (Å²) in [5.41, 5.74) is 7.06. The van der Waals surface area contributed by atoms with Crippen molar-refractivity contribution in [3.63, 3.8) is 0 Å². The molecule has 7 heteroatoms. The molecular formula is C6H8N2O4S. The van der Waals surface area contributed by atoms with Gasteiger partial charge in [0, 0.05) is 0 Å². The highest BCUT2D eigenvalue weighted by Gasteiger charge is 2.13. The van der Waals surface area contributed by atoms with Gasteiger partial charge in [-0.05, 0) is 18.2 Å². The zero-order chi connectivity index (χ0) is 10.1. The summed E-state index contributed by atoms with van der Waals surface area (Å²) in [6.07, 6.45) is 0. The quantitative estimate of drug-likeness (QED) is 0.313. The molecule has 0 saturated heterocycles. The fourth-order valence-corrected chi connectivity index (χ4v) is 1.47. The minimum Gasteiger partial charge on any atom is -0.398 e. The van der Waals surface area contributed by atoms with E-state index >= 15 is 0 Å². The van der Waals surface area contributed by atoms with Gasteiger partial charge in [-0.1, -0.05) is 0 Å². The van der Waals surface area contributed by atoms with E-state index in [1.54, 1.807) is 5.48 Å². The lowest BCUT2D eigenvalue weighted by molar-refractivity contribution is 0.388. The Balaban J connectivity index is 3.36. The van der Waals surface area contributed by atoms with Crippen LogP contribution in [0, 0.1) is 0 Å². The number of nitrogen functional groups attached to an aromatic ring is 1. The molecule has 0 aliphatic carbocycles. The molecule has 1 aromatic carbocycles. The van der Waals surface area contributed by atoms with E-state index in [1.165, 1.54) is 12.1 Å². The van der Waals surface area contributed by atoms with Crippen LogP contribution in [0.3, 0.4) is 0 Å². The number of anilines is 2. The second-order valence-corrected chi connectivity index (χ2v) is 3.73. The molecule has 0 bridgehead atoms. The maximum Gasteiger partial charge on any atom is 0.296 e. The Hall–Kier alpha value is -1.31. The first-order valence-electron chi connectivity index (χ1n) is 3.22. The van der Waals surface area contributed by atoms with E-state index in [-0.39, 0.29) is 11.4 Å². The van der Waals surface area contributed by atoms with E-state index in [9.17, 15) is 8.42 Å². The molecule has 13 heavy (non-hydrogen) atoms. The molecule has 0 aliphatic heterocycles. The van der Waals surface area contributed by atoms with E-state index < -0.39 is 15.0 Å². The molecule has 0 radical (unpaired) electrons. The van der Waals surface area contributed by atoms with E-state index in [0.717, 1.165) is 6.07 Å². The van der Waals surface area contributed by atoms with Crippen LogP contribution in [-0.2, 0) is 10.1 Å². The van der Waals surface area contributed by atoms with Crippen LogP contribution in [0.5, 0.6) is 0 Å². The van der Waals surface area contributed by atoms with Gasteiger partial charge in [0.1, 0.15) is 4.90 Å². The van der Waals surface area contributed by atoms with Crippen LogP contribution < -0.4 is 11.2 Å². The zero-order valence-electron chi connectivity index (χ0n) is 6.43. The van der Waals surface area contributed by atoms with Gasteiger partial charge in [0.05, 0.1) is 11.4 Å². The second-order valence-electron chi connectivity index (χ2n) is 2.34. The molecule has 0 spiro atoms. The van der Waals surface area contributed by atoms with Crippen molar-refractivity contribution in [3.05, 3.63) is 18.2 Å². The van der Waals surface area contributed by atoms with Crippen molar-refractivity contribution in [2.24, 2.45) is 0 Å². The monoisotopic (exact) mass is 204 g/mol. The first-order chi connectivity index (χ1) is 5.95. The van der Waals surface area contributed by atoms with Gasteiger partial charge in [-0.3, -0.25) is 15.2 Å². The molecule has 0 aliphatic rings. The van der Waals surface area contributed by atoms with Crippen LogP contribution in [0.15, 0.2) is 23.1 Å². The normalized spacial score (nSPS) is 11.2. The number of nitrogens with two attached hydrogens (primary N) is 1. The molecule has 0 atom stereocenters. The van der Waals surface area contributed by atoms with Crippen LogP contribution in [0.25, 0.3) is 0 Å². The average Bonchev–Trinajstić information content (AvgIpc) is 2.03. The summed E-state index contributed by atoms with van der Waals surface area (Å²) in [5.74, 6) is 0. The molecule has 0 aromatic heterocycles. The van der Waals surface area contributed by atoms with Crippen molar-refractivity contribution in [2.45, 2.75) is 4.90 Å². The molecule has 0 unspecified atom stereocenters. The van der Waals surface area contributed by atoms with Crippen LogP contribution in [-0.4, -0.2) is 18.2 Å². The molecule has 1 aromatic rings. The van der Waals surface area contributed by atoms with Crippen molar-refractivity contribution in [1.82, 2.24) is 0 Å². The standard InChI is InChI=1S/C6H8N2O4S/c7-5-2-1-4(8-9)3-6(5)13(10,11)12/h1-3,8-9H,7H2,(H,10,11,12). The molecule has 0 amide bonds. The average molecular weight is 204 g/mol. The summed E-state index contributed by atoms with van der Waals surface area (Å²) < 4.78 is 30.0. The number of hydrogen-bond acceptors (Lipinski definition) is 5. The Kier molecular flexibility index (Phi) is 2.41. The fraction of sp³-hybridized carbons (Fsp3) is 0. The summed E-state index contributed by atoms with van der Waals surface area (Å²) >= 11 is 0. The molecule has 5 N–H and O–H groups in total. The molecular weight excluding hydrogens is 196 g/mol. The summed E-state index contributed by atoms with van der Waals surface area (Å²) in [6.45, 7) is 0. The van der Waals surface area contributed by atoms with Gasteiger partial charge < -0.3 is 5.73 Å². The molecule has 0 heterocycles. The van der Waals surface area contributed by atoms with Crippen molar-refractivity contribution in [2.75, 3.05) is 11.2 Å². The van der Waals surface area contributed by atoms with Crippen molar-refractivity contribution < 1.29 is 18.2 Å². The molecule has 0 fully saturated rings. The fourth-order valence-electron chi connectivity index (χ4n) is 0.827. The topological polar surface area (TPSA) is 113 Å². The van der Waals surface area contributed by atoms with Gasteiger partial charge in [-0.15, -0.1) is 0 Å². The molecule has 0 saturated carbocycles. The highest BCUT2D eigenvalue weighted by atomic mass is 32.2. The Labute approximate surface area is 74.7 Å². The van der Waals surface area contributed by atoms with Crippen LogP contribution in [0.1, 0.15) is 0 Å². The molecule has 1 rings (SSSR count). The van der Waals surface area contributed by atoms with Crippen LogP contribution in [0.4, 0.5) is 11.4 Å². The molecule has 6 nitrogen and oxygen atoms in total. The zero-order valence-corrected chi connectivity index (χ0v) is 7.25. The van der Waals surface area contributed by atoms with E-state index in [2.05, 4.69) is 0 Å². The van der Waals surface area contributed by atoms with Gasteiger partial charge >= 0.3 is 0 Å². The van der Waals surface area contributed by atoms with Gasteiger partial charge in [-0.25, -0.2) is 0 Å². The third-order valence-corrected chi connectivity index (χ3v) is 2.33. The second kappa shape index (κ2) is 3.21. The van der Waals surface area contributed by atoms with Crippen LogP contribution >= 0.6 is 0 Å². The summed E-state index contributed by atoms with van der Waals surface area (Å²) in [5, 5.41) is 8.45. The molecule has 72 valence electrons. The Morgan fingerprint density at radius 1 is 1.38 bits per heavy atom. The smallest absolute Gasteiger partial charge is 0.296 e. The number of hydrogen-bond donors (Lipinski definition) is 4. The third-order valence-electron chi connectivity index (χ3n) is 1.42. The Morgan fingerprint density at radius 3 is 2.46 bits per heavy atom. The first kappa shape index (κ1) is 9.78. The largest absolute Gasteiger partial charge is 0.398 e. The maximum absolute atomic E-state index is 10.7. The van der Waals surface area contributed by atoms with Gasteiger partial charge in [0.15, 0.2) is 0 Å². The minimum atomic E-state index is -4.34. The lowest BCUT2D eigenvalue weighted by Crippen LogP contribution is -2.04. The van der Waals surface area contributed by atoms with E-state index in [1.807, 2.05) is 0 Å². The predicted octanol–water partition coefficient (Wildman–Crippen LogP) is 0.317. The highest BCUT2D eigenvalue weighted by Crippen LogP contribution is 2.21. The van der Waals surface area contributed by atoms with Crippen molar-refractivity contribution in [1.29, 1.82) is 0 Å². The first-order valence-corrected chi connectivity index (χ1v) is 4.66. The highest BCUT2D eigenvalue weighted by molar-refractivity contribution is 7.86. The number of rotatable bonds is 2. The van der Waals surface area contributed by atoms with Gasteiger partial charge in [0.25, 0.3) is 10.1 Å². The van der Waals surface area contributed by atoms with Gasteiger partial charge in [-0.2, -0.15) is 8.42 Å². The lowest BCUT2D eigenvalue weighted by Gasteiger charge is -2.04. The van der Waals surface area contributed by atoms with Crippen molar-refractivity contribution >= 4 is 21.5 Å². The Morgan fingerprint density at radius 2 is 2.00 bits per heavy atom. The van der Waals surface area contributed by atoms with E-state index in [0.29, 0.717) is 0 Å². The van der Waals surface area contributed by atoms with E-state index in [4.69, 9.17) is 15.5 Å².